The van der Waals surface area contributed by atoms with E-state index in [4.69, 9.17) is 0 Å². The van der Waals surface area contributed by atoms with E-state index in [1.54, 1.807) is 0 Å². The number of nitrogens with zero attached hydrogens (tertiary/aromatic N) is 1. The van der Waals surface area contributed by atoms with Crippen molar-refractivity contribution in [2.75, 3.05) is 0 Å². The molecule has 0 fully saturated rings. The molecule has 104 valence electrons. The number of fused-ring (bicyclic) bond motifs is 3. The molecule has 1 aliphatic carbocycles. The molecule has 0 radical (unpaired) electrons. The quantitative estimate of drug-likeness (QED) is 0.555. The van der Waals surface area contributed by atoms with E-state index >= 15 is 0 Å². The molecule has 0 saturated heterocycles. The van der Waals surface area contributed by atoms with Crippen LogP contribution in [0.3, 0.4) is 0 Å². The fraction of sp³-hybridized carbons (Fsp3) is 0.200. The number of aromatic nitrogens is 1. The van der Waals surface area contributed by atoms with Gasteiger partial charge in [-0.2, -0.15) is 0 Å². The Morgan fingerprint density at radius 2 is 1.86 bits per heavy atom. The van der Waals surface area contributed by atoms with Crippen LogP contribution in [0.1, 0.15) is 36.1 Å². The van der Waals surface area contributed by atoms with Crippen molar-refractivity contribution >= 4 is 17.0 Å². The van der Waals surface area contributed by atoms with Gasteiger partial charge in [0.25, 0.3) is 0 Å². The number of hydrogen-bond donors (Lipinski definition) is 0. The summed E-state index contributed by atoms with van der Waals surface area (Å²) in [4.78, 5) is 0. The van der Waals surface area contributed by atoms with Crippen molar-refractivity contribution in [1.29, 1.82) is 0 Å². The number of hydrogen-bond acceptors (Lipinski definition) is 0. The fourth-order valence-corrected chi connectivity index (χ4v) is 3.47. The first-order chi connectivity index (χ1) is 10.3. The van der Waals surface area contributed by atoms with E-state index < -0.39 is 0 Å². The molecule has 0 amide bonds. The first kappa shape index (κ1) is 12.5. The molecule has 0 aliphatic heterocycles. The molecule has 1 aliphatic rings. The van der Waals surface area contributed by atoms with Gasteiger partial charge in [-0.05, 0) is 37.6 Å². The summed E-state index contributed by atoms with van der Waals surface area (Å²) in [6.07, 6.45) is 5.73. The van der Waals surface area contributed by atoms with Gasteiger partial charge in [0.05, 0.1) is 5.52 Å². The maximum atomic E-state index is 2.44. The van der Waals surface area contributed by atoms with Gasteiger partial charge in [-0.15, -0.1) is 0 Å². The molecule has 0 N–H and O–H groups in total. The molecule has 1 aromatic heterocycles. The van der Waals surface area contributed by atoms with Gasteiger partial charge in [-0.1, -0.05) is 48.9 Å². The van der Waals surface area contributed by atoms with Gasteiger partial charge >= 0.3 is 0 Å². The van der Waals surface area contributed by atoms with Crippen LogP contribution in [-0.2, 0) is 0 Å². The molecule has 0 bridgehead atoms. The van der Waals surface area contributed by atoms with Gasteiger partial charge in [0.2, 0.25) is 0 Å². The summed E-state index contributed by atoms with van der Waals surface area (Å²) in [6.45, 7) is 4.50. The molecule has 1 unspecified atom stereocenters. The zero-order valence-corrected chi connectivity index (χ0v) is 12.5. The lowest BCUT2D eigenvalue weighted by Gasteiger charge is -2.19. The third-order valence-electron chi connectivity index (χ3n) is 4.46. The highest BCUT2D eigenvalue weighted by Crippen LogP contribution is 2.39. The monoisotopic (exact) mass is 273 g/mol. The van der Waals surface area contributed by atoms with Crippen molar-refractivity contribution in [3.63, 3.8) is 0 Å². The average Bonchev–Trinajstić information content (AvgIpc) is 2.83. The highest BCUT2D eigenvalue weighted by atomic mass is 15.0. The summed E-state index contributed by atoms with van der Waals surface area (Å²) in [5.41, 5.74) is 6.74. The van der Waals surface area contributed by atoms with Crippen molar-refractivity contribution < 1.29 is 0 Å². The fourth-order valence-electron chi connectivity index (χ4n) is 3.47. The van der Waals surface area contributed by atoms with Crippen LogP contribution in [0.15, 0.2) is 54.6 Å². The predicted molar refractivity (Wildman–Crippen MR) is 90.1 cm³/mol. The Morgan fingerprint density at radius 1 is 1.05 bits per heavy atom. The molecule has 1 heterocycles. The normalized spacial score (nSPS) is 17.1. The van der Waals surface area contributed by atoms with Gasteiger partial charge in [0.15, 0.2) is 0 Å². The minimum absolute atomic E-state index is 0.554. The van der Waals surface area contributed by atoms with Crippen molar-refractivity contribution in [2.24, 2.45) is 0 Å². The maximum Gasteiger partial charge on any atom is 0.0538 e. The van der Waals surface area contributed by atoms with Gasteiger partial charge in [0, 0.05) is 28.2 Å². The summed E-state index contributed by atoms with van der Waals surface area (Å²) in [5.74, 6) is 0.554. The van der Waals surface area contributed by atoms with Crippen LogP contribution in [0.4, 0.5) is 0 Å². The van der Waals surface area contributed by atoms with Crippen molar-refractivity contribution in [1.82, 2.24) is 4.57 Å². The van der Waals surface area contributed by atoms with Gasteiger partial charge in [-0.25, -0.2) is 0 Å². The van der Waals surface area contributed by atoms with Gasteiger partial charge < -0.3 is 4.57 Å². The van der Waals surface area contributed by atoms with Crippen LogP contribution >= 0.6 is 0 Å². The van der Waals surface area contributed by atoms with Crippen LogP contribution in [-0.4, -0.2) is 4.57 Å². The van der Waals surface area contributed by atoms with E-state index in [1.165, 1.54) is 33.4 Å². The Labute approximate surface area is 125 Å². The van der Waals surface area contributed by atoms with E-state index in [1.807, 2.05) is 0 Å². The minimum Gasteiger partial charge on any atom is -0.313 e. The Morgan fingerprint density at radius 3 is 2.67 bits per heavy atom. The second-order valence-corrected chi connectivity index (χ2v) is 6.03. The van der Waals surface area contributed by atoms with Crippen molar-refractivity contribution in [3.8, 4) is 5.69 Å². The number of aryl methyl sites for hydroxylation is 1. The Balaban J connectivity index is 2.15. The van der Waals surface area contributed by atoms with Crippen LogP contribution in [0, 0.1) is 6.92 Å². The van der Waals surface area contributed by atoms with Gasteiger partial charge in [0.1, 0.15) is 0 Å². The number of rotatable bonds is 1. The third kappa shape index (κ3) is 1.84. The standard InChI is InChI=1S/C20H19N/c1-14-11-12-19-18(13-14)17-10-6-7-15(2)20(17)21(19)16-8-4-3-5-9-16/h3-6,8-13,15H,7H2,1-2H3. The lowest BCUT2D eigenvalue weighted by Crippen LogP contribution is -2.06. The van der Waals surface area contributed by atoms with E-state index in [0.29, 0.717) is 5.92 Å². The summed E-state index contributed by atoms with van der Waals surface area (Å²) in [7, 11) is 0. The highest BCUT2D eigenvalue weighted by Gasteiger charge is 2.22. The zero-order chi connectivity index (χ0) is 14.4. The minimum atomic E-state index is 0.554. The lowest BCUT2D eigenvalue weighted by molar-refractivity contribution is 0.723. The van der Waals surface area contributed by atoms with Crippen LogP contribution in [0.25, 0.3) is 22.7 Å². The number of para-hydroxylation sites is 1. The first-order valence-electron chi connectivity index (χ1n) is 7.62. The third-order valence-corrected chi connectivity index (χ3v) is 4.46. The molecule has 4 rings (SSSR count). The van der Waals surface area contributed by atoms with E-state index in [9.17, 15) is 0 Å². The first-order valence-corrected chi connectivity index (χ1v) is 7.62. The molecule has 1 atom stereocenters. The Hall–Kier alpha value is -2.28. The topological polar surface area (TPSA) is 4.93 Å². The van der Waals surface area contributed by atoms with Crippen LogP contribution in [0.2, 0.25) is 0 Å². The molecular weight excluding hydrogens is 254 g/mol. The predicted octanol–water partition coefficient (Wildman–Crippen LogP) is 5.46. The molecule has 0 spiro atoms. The summed E-state index contributed by atoms with van der Waals surface area (Å²) in [6, 6.07) is 17.5. The van der Waals surface area contributed by atoms with Crippen LogP contribution < -0.4 is 0 Å². The van der Waals surface area contributed by atoms with Gasteiger partial charge in [-0.3, -0.25) is 0 Å². The molecule has 3 aromatic rings. The zero-order valence-electron chi connectivity index (χ0n) is 12.5. The summed E-state index contributed by atoms with van der Waals surface area (Å²) >= 11 is 0. The summed E-state index contributed by atoms with van der Waals surface area (Å²) < 4.78 is 2.44. The maximum absolute atomic E-state index is 2.44. The molecule has 21 heavy (non-hydrogen) atoms. The second-order valence-electron chi connectivity index (χ2n) is 6.03. The molecule has 1 nitrogen and oxygen atoms in total. The molecule has 0 saturated carbocycles. The SMILES string of the molecule is Cc1ccc2c(c1)c1c(n2-c2ccccc2)C(C)CC=C1. The van der Waals surface area contributed by atoms with Crippen molar-refractivity contribution in [3.05, 3.63) is 71.4 Å². The van der Waals surface area contributed by atoms with E-state index in [0.717, 1.165) is 6.42 Å². The highest BCUT2D eigenvalue weighted by molar-refractivity contribution is 5.94. The summed E-state index contributed by atoms with van der Waals surface area (Å²) in [5, 5.41) is 1.37. The molecule has 1 heteroatoms. The largest absolute Gasteiger partial charge is 0.313 e. The second kappa shape index (κ2) is 4.63. The Kier molecular flexibility index (Phi) is 2.75. The van der Waals surface area contributed by atoms with Crippen LogP contribution in [0.5, 0.6) is 0 Å². The average molecular weight is 273 g/mol. The number of benzene rings is 2. The van der Waals surface area contributed by atoms with Crippen molar-refractivity contribution in [2.45, 2.75) is 26.2 Å². The lowest BCUT2D eigenvalue weighted by atomic mass is 9.93. The Bertz CT molecular complexity index is 837. The van der Waals surface area contributed by atoms with E-state index in [-0.39, 0.29) is 0 Å². The van der Waals surface area contributed by atoms with E-state index in [2.05, 4.69) is 79.1 Å². The number of allylic oxidation sites excluding steroid dienone is 1. The molecule has 2 aromatic carbocycles. The molecular formula is C20H19N. The smallest absolute Gasteiger partial charge is 0.0538 e.